The number of Topliss-reactive ketones (excluding diaryl/α,β-unsaturated/α-hetero) is 1. The van der Waals surface area contributed by atoms with Crippen LogP contribution >= 0.6 is 11.8 Å². The summed E-state index contributed by atoms with van der Waals surface area (Å²) in [4.78, 5) is 13.5. The van der Waals surface area contributed by atoms with Crippen LogP contribution in [0.4, 0.5) is 0 Å². The predicted octanol–water partition coefficient (Wildman–Crippen LogP) is 3.77. The molecule has 0 saturated heterocycles. The monoisotopic (exact) mass is 298 g/mol. The molecular weight excluding hydrogens is 284 g/mol. The van der Waals surface area contributed by atoms with Crippen molar-refractivity contribution in [1.82, 2.24) is 0 Å². The van der Waals surface area contributed by atoms with Gasteiger partial charge < -0.3 is 9.84 Å². The molecule has 3 nitrogen and oxygen atoms in total. The van der Waals surface area contributed by atoms with Gasteiger partial charge in [0.1, 0.15) is 0 Å². The van der Waals surface area contributed by atoms with Crippen LogP contribution in [-0.4, -0.2) is 23.8 Å². The third-order valence-electron chi connectivity index (χ3n) is 3.35. The lowest BCUT2D eigenvalue weighted by Crippen LogP contribution is -2.11. The van der Waals surface area contributed by atoms with Crippen LogP contribution < -0.4 is 4.74 Å². The number of phenols is 1. The van der Waals surface area contributed by atoms with Crippen molar-refractivity contribution in [2.45, 2.75) is 4.90 Å². The Morgan fingerprint density at radius 2 is 2.05 bits per heavy atom. The summed E-state index contributed by atoms with van der Waals surface area (Å²) >= 11 is 1.66. The molecule has 3 rings (SSSR count). The van der Waals surface area contributed by atoms with E-state index in [0.29, 0.717) is 11.5 Å². The first-order valence-corrected chi connectivity index (χ1v) is 7.51. The molecule has 1 aliphatic heterocycles. The van der Waals surface area contributed by atoms with Gasteiger partial charge in [0.2, 0.25) is 0 Å². The molecule has 0 radical (unpaired) electrons. The summed E-state index contributed by atoms with van der Waals surface area (Å²) in [5, 5.41) is 9.80. The number of benzene rings is 2. The molecule has 4 heteroatoms. The molecule has 1 N–H and O–H groups in total. The summed E-state index contributed by atoms with van der Waals surface area (Å²) in [7, 11) is 1.51. The van der Waals surface area contributed by atoms with E-state index in [-0.39, 0.29) is 11.5 Å². The normalized spacial score (nSPS) is 15.9. The predicted molar refractivity (Wildman–Crippen MR) is 84.1 cm³/mol. The Morgan fingerprint density at radius 1 is 1.24 bits per heavy atom. The standard InChI is InChI=1S/C17H14O3S/c1-20-15-7-6-11(9-14(15)18)8-12-10-21-16-5-3-2-4-13(16)17(12)19/h2-9,18H,10H2,1H3. The summed E-state index contributed by atoms with van der Waals surface area (Å²) in [5.74, 6) is 1.19. The Kier molecular flexibility index (Phi) is 3.71. The summed E-state index contributed by atoms with van der Waals surface area (Å²) in [6, 6.07) is 12.7. The number of thioether (sulfide) groups is 1. The Hall–Kier alpha value is -2.20. The third kappa shape index (κ3) is 2.67. The lowest BCUT2D eigenvalue weighted by molar-refractivity contribution is 0.103. The van der Waals surface area contributed by atoms with E-state index in [0.717, 1.165) is 21.6 Å². The van der Waals surface area contributed by atoms with Crippen LogP contribution in [-0.2, 0) is 0 Å². The molecule has 2 aromatic rings. The summed E-state index contributed by atoms with van der Waals surface area (Å²) < 4.78 is 5.02. The quantitative estimate of drug-likeness (QED) is 0.857. The molecule has 0 spiro atoms. The molecular formula is C17H14O3S. The second kappa shape index (κ2) is 5.66. The average molecular weight is 298 g/mol. The van der Waals surface area contributed by atoms with Crippen LogP contribution in [0, 0.1) is 0 Å². The number of methoxy groups -OCH3 is 1. The number of rotatable bonds is 2. The molecule has 0 bridgehead atoms. The molecule has 0 atom stereocenters. The van der Waals surface area contributed by atoms with E-state index >= 15 is 0 Å². The van der Waals surface area contributed by atoms with Gasteiger partial charge in [-0.05, 0) is 35.9 Å². The third-order valence-corrected chi connectivity index (χ3v) is 4.47. The fraction of sp³-hybridized carbons (Fsp3) is 0.118. The maximum absolute atomic E-state index is 12.5. The van der Waals surface area contributed by atoms with Crippen LogP contribution in [0.3, 0.4) is 0 Å². The largest absolute Gasteiger partial charge is 0.504 e. The van der Waals surface area contributed by atoms with Gasteiger partial charge in [-0.1, -0.05) is 18.2 Å². The van der Waals surface area contributed by atoms with Gasteiger partial charge in [0, 0.05) is 21.8 Å². The van der Waals surface area contributed by atoms with E-state index in [1.54, 1.807) is 23.9 Å². The lowest BCUT2D eigenvalue weighted by Gasteiger charge is -2.16. The molecule has 0 fully saturated rings. The van der Waals surface area contributed by atoms with Gasteiger partial charge in [-0.2, -0.15) is 0 Å². The zero-order valence-electron chi connectivity index (χ0n) is 11.5. The van der Waals surface area contributed by atoms with Gasteiger partial charge in [-0.15, -0.1) is 11.8 Å². The second-order valence-electron chi connectivity index (χ2n) is 4.71. The zero-order valence-corrected chi connectivity index (χ0v) is 12.3. The Balaban J connectivity index is 1.95. The van der Waals surface area contributed by atoms with Crippen LogP contribution in [0.1, 0.15) is 15.9 Å². The number of carbonyl (C=O) groups is 1. The molecule has 0 amide bonds. The maximum atomic E-state index is 12.5. The number of ether oxygens (including phenoxy) is 1. The SMILES string of the molecule is COc1ccc(C=C2CSc3ccccc3C2=O)cc1O. The first kappa shape index (κ1) is 13.8. The van der Waals surface area contributed by atoms with Gasteiger partial charge in [0.05, 0.1) is 7.11 Å². The Morgan fingerprint density at radius 3 is 2.81 bits per heavy atom. The van der Waals surface area contributed by atoms with Crippen molar-refractivity contribution in [3.05, 3.63) is 59.2 Å². The summed E-state index contributed by atoms with van der Waals surface area (Å²) in [6.45, 7) is 0. The number of hydrogen-bond acceptors (Lipinski definition) is 4. The fourth-order valence-corrected chi connectivity index (χ4v) is 3.30. The molecule has 106 valence electrons. The van der Waals surface area contributed by atoms with Crippen molar-refractivity contribution in [1.29, 1.82) is 0 Å². The van der Waals surface area contributed by atoms with E-state index in [2.05, 4.69) is 0 Å². The van der Waals surface area contributed by atoms with Gasteiger partial charge >= 0.3 is 0 Å². The molecule has 0 saturated carbocycles. The molecule has 1 heterocycles. The highest BCUT2D eigenvalue weighted by Gasteiger charge is 2.21. The average Bonchev–Trinajstić information content (AvgIpc) is 2.51. The number of phenolic OH excluding ortho intramolecular Hbond substituents is 1. The molecule has 0 aromatic heterocycles. The van der Waals surface area contributed by atoms with Crippen LogP contribution in [0.25, 0.3) is 6.08 Å². The molecule has 2 aromatic carbocycles. The van der Waals surface area contributed by atoms with Crippen molar-refractivity contribution < 1.29 is 14.6 Å². The molecule has 1 aliphatic rings. The zero-order chi connectivity index (χ0) is 14.8. The van der Waals surface area contributed by atoms with E-state index in [1.165, 1.54) is 7.11 Å². The maximum Gasteiger partial charge on any atom is 0.191 e. The number of hydrogen-bond donors (Lipinski definition) is 1. The number of ketones is 1. The number of fused-ring (bicyclic) bond motifs is 1. The first-order valence-electron chi connectivity index (χ1n) is 6.53. The highest BCUT2D eigenvalue weighted by molar-refractivity contribution is 7.99. The van der Waals surface area contributed by atoms with Gasteiger partial charge in [0.15, 0.2) is 17.3 Å². The van der Waals surface area contributed by atoms with Crippen molar-refractivity contribution in [3.8, 4) is 11.5 Å². The molecule has 0 aliphatic carbocycles. The highest BCUT2D eigenvalue weighted by atomic mass is 32.2. The Bertz CT molecular complexity index is 735. The first-order chi connectivity index (χ1) is 10.2. The van der Waals surface area contributed by atoms with Crippen molar-refractivity contribution in [2.75, 3.05) is 12.9 Å². The van der Waals surface area contributed by atoms with E-state index in [1.807, 2.05) is 36.4 Å². The van der Waals surface area contributed by atoms with Crippen LogP contribution in [0.15, 0.2) is 52.9 Å². The second-order valence-corrected chi connectivity index (χ2v) is 5.73. The minimum absolute atomic E-state index is 0.0552. The topological polar surface area (TPSA) is 46.5 Å². The van der Waals surface area contributed by atoms with Crippen molar-refractivity contribution >= 4 is 23.6 Å². The molecule has 0 unspecified atom stereocenters. The van der Waals surface area contributed by atoms with E-state index < -0.39 is 0 Å². The minimum Gasteiger partial charge on any atom is -0.504 e. The highest BCUT2D eigenvalue weighted by Crippen LogP contribution is 2.34. The molecule has 21 heavy (non-hydrogen) atoms. The lowest BCUT2D eigenvalue weighted by atomic mass is 10.0. The van der Waals surface area contributed by atoms with Crippen molar-refractivity contribution in [2.24, 2.45) is 0 Å². The van der Waals surface area contributed by atoms with E-state index in [9.17, 15) is 9.90 Å². The van der Waals surface area contributed by atoms with Crippen LogP contribution in [0.2, 0.25) is 0 Å². The van der Waals surface area contributed by atoms with Gasteiger partial charge in [-0.3, -0.25) is 4.79 Å². The van der Waals surface area contributed by atoms with Crippen LogP contribution in [0.5, 0.6) is 11.5 Å². The summed E-state index contributed by atoms with van der Waals surface area (Å²) in [6.07, 6.45) is 1.82. The van der Waals surface area contributed by atoms with E-state index in [4.69, 9.17) is 4.74 Å². The van der Waals surface area contributed by atoms with Crippen molar-refractivity contribution in [3.63, 3.8) is 0 Å². The van der Waals surface area contributed by atoms with Gasteiger partial charge in [-0.25, -0.2) is 0 Å². The summed E-state index contributed by atoms with van der Waals surface area (Å²) in [5.41, 5.74) is 2.28. The number of aromatic hydroxyl groups is 1. The smallest absolute Gasteiger partial charge is 0.191 e. The number of carbonyl (C=O) groups excluding carboxylic acids is 1. The minimum atomic E-state index is 0.0552. The fourth-order valence-electron chi connectivity index (χ4n) is 2.28. The van der Waals surface area contributed by atoms with Gasteiger partial charge in [0.25, 0.3) is 0 Å². The Labute approximate surface area is 127 Å².